The first-order valence-electron chi connectivity index (χ1n) is 9.91. The van der Waals surface area contributed by atoms with E-state index >= 15 is 0 Å². The van der Waals surface area contributed by atoms with Crippen LogP contribution in [0, 0.1) is 0 Å². The number of sulfonamides is 1. The van der Waals surface area contributed by atoms with E-state index in [2.05, 4.69) is 0 Å². The minimum absolute atomic E-state index is 0.0245. The van der Waals surface area contributed by atoms with Gasteiger partial charge in [-0.2, -0.15) is 4.31 Å². The molecule has 0 radical (unpaired) electrons. The lowest BCUT2D eigenvalue weighted by atomic mass is 10.1. The van der Waals surface area contributed by atoms with E-state index in [0.29, 0.717) is 37.8 Å². The first-order valence-corrected chi connectivity index (χ1v) is 11.4. The third-order valence-electron chi connectivity index (χ3n) is 5.15. The van der Waals surface area contributed by atoms with E-state index in [1.807, 2.05) is 48.5 Å². The minimum Gasteiger partial charge on any atom is -0.486 e. The van der Waals surface area contributed by atoms with Gasteiger partial charge in [0.25, 0.3) is 0 Å². The Labute approximate surface area is 176 Å². The number of fused-ring (bicyclic) bond motifs is 1. The van der Waals surface area contributed by atoms with Gasteiger partial charge in [-0.15, -0.1) is 0 Å². The van der Waals surface area contributed by atoms with Crippen molar-refractivity contribution in [2.75, 3.05) is 39.4 Å². The Kier molecular flexibility index (Phi) is 6.06. The maximum absolute atomic E-state index is 12.7. The van der Waals surface area contributed by atoms with Crippen molar-refractivity contribution < 1.29 is 22.7 Å². The molecule has 0 unspecified atom stereocenters. The summed E-state index contributed by atoms with van der Waals surface area (Å²) < 4.78 is 37.6. The molecule has 0 aliphatic carbocycles. The van der Waals surface area contributed by atoms with Gasteiger partial charge in [-0.25, -0.2) is 8.42 Å². The second-order valence-electron chi connectivity index (χ2n) is 7.19. The molecule has 2 aromatic carbocycles. The van der Waals surface area contributed by atoms with Gasteiger partial charge in [-0.05, 0) is 29.3 Å². The molecule has 2 aliphatic rings. The normalized spacial score (nSPS) is 17.3. The lowest BCUT2D eigenvalue weighted by Crippen LogP contribution is -2.50. The summed E-state index contributed by atoms with van der Waals surface area (Å²) in [6.07, 6.45) is 1.84. The Morgan fingerprint density at radius 3 is 2.37 bits per heavy atom. The molecule has 0 bridgehead atoms. The van der Waals surface area contributed by atoms with E-state index in [4.69, 9.17) is 9.47 Å². The molecule has 2 aromatic rings. The van der Waals surface area contributed by atoms with Gasteiger partial charge < -0.3 is 14.4 Å². The molecule has 2 aliphatic heterocycles. The quantitative estimate of drug-likeness (QED) is 0.729. The average Bonchev–Trinajstić information content (AvgIpc) is 2.78. The van der Waals surface area contributed by atoms with Gasteiger partial charge in [0.2, 0.25) is 15.9 Å². The van der Waals surface area contributed by atoms with Crippen LogP contribution in [0.1, 0.15) is 11.1 Å². The fourth-order valence-electron chi connectivity index (χ4n) is 3.49. The summed E-state index contributed by atoms with van der Waals surface area (Å²) in [5.74, 6) is 1.33. The van der Waals surface area contributed by atoms with Crippen LogP contribution in [-0.2, 0) is 21.2 Å². The van der Waals surface area contributed by atoms with Crippen molar-refractivity contribution in [1.29, 1.82) is 0 Å². The molecule has 8 heteroatoms. The zero-order valence-electron chi connectivity index (χ0n) is 16.6. The van der Waals surface area contributed by atoms with E-state index < -0.39 is 10.0 Å². The van der Waals surface area contributed by atoms with Crippen molar-refractivity contribution in [3.8, 4) is 11.5 Å². The summed E-state index contributed by atoms with van der Waals surface area (Å²) in [6.45, 7) is 2.35. The fraction of sp³-hybridized carbons (Fsp3) is 0.318. The summed E-state index contributed by atoms with van der Waals surface area (Å²) in [4.78, 5) is 14.4. The van der Waals surface area contributed by atoms with Crippen LogP contribution in [0.4, 0.5) is 0 Å². The largest absolute Gasteiger partial charge is 0.486 e. The molecule has 0 spiro atoms. The third kappa shape index (κ3) is 4.83. The highest BCUT2D eigenvalue weighted by Gasteiger charge is 2.27. The number of ether oxygens (including phenoxy) is 2. The standard InChI is InChI=1S/C22H24N2O5S/c25-22(17-19-6-7-20-21(16-19)29-14-13-28-20)23-9-11-24(12-10-23)30(26,27)15-8-18-4-2-1-3-5-18/h1-8,15-16H,9-14,17H2/b15-8-. The highest BCUT2D eigenvalue weighted by atomic mass is 32.2. The summed E-state index contributed by atoms with van der Waals surface area (Å²) in [5, 5.41) is 1.23. The molecule has 4 rings (SSSR count). The molecule has 1 amide bonds. The first kappa shape index (κ1) is 20.4. The smallest absolute Gasteiger partial charge is 0.236 e. The Balaban J connectivity index is 1.32. The van der Waals surface area contributed by atoms with Crippen LogP contribution in [-0.4, -0.2) is 62.9 Å². The molecule has 0 atom stereocenters. The number of hydrogen-bond donors (Lipinski definition) is 0. The Morgan fingerprint density at radius 1 is 0.933 bits per heavy atom. The van der Waals surface area contributed by atoms with Gasteiger partial charge in [0.15, 0.2) is 11.5 Å². The third-order valence-corrected chi connectivity index (χ3v) is 6.71. The second kappa shape index (κ2) is 8.89. The number of benzene rings is 2. The predicted molar refractivity (Wildman–Crippen MR) is 114 cm³/mol. The lowest BCUT2D eigenvalue weighted by Gasteiger charge is -2.33. The summed E-state index contributed by atoms with van der Waals surface area (Å²) >= 11 is 0. The number of carbonyl (C=O) groups is 1. The zero-order valence-corrected chi connectivity index (χ0v) is 17.4. The van der Waals surface area contributed by atoms with Crippen LogP contribution >= 0.6 is 0 Å². The summed E-state index contributed by atoms with van der Waals surface area (Å²) in [5.41, 5.74) is 1.68. The molecule has 2 heterocycles. The van der Waals surface area contributed by atoms with Gasteiger partial charge in [-0.1, -0.05) is 36.4 Å². The van der Waals surface area contributed by atoms with Crippen LogP contribution in [0.2, 0.25) is 0 Å². The lowest BCUT2D eigenvalue weighted by molar-refractivity contribution is -0.131. The van der Waals surface area contributed by atoms with E-state index in [1.165, 1.54) is 9.71 Å². The van der Waals surface area contributed by atoms with Crippen molar-refractivity contribution in [3.63, 3.8) is 0 Å². The summed E-state index contributed by atoms with van der Waals surface area (Å²) in [7, 11) is -3.52. The van der Waals surface area contributed by atoms with E-state index in [-0.39, 0.29) is 25.4 Å². The number of carbonyl (C=O) groups excluding carboxylic acids is 1. The molecule has 0 N–H and O–H groups in total. The van der Waals surface area contributed by atoms with Crippen molar-refractivity contribution >= 4 is 22.0 Å². The second-order valence-corrected chi connectivity index (χ2v) is 9.01. The van der Waals surface area contributed by atoms with Gasteiger partial charge in [0.1, 0.15) is 13.2 Å². The highest BCUT2D eigenvalue weighted by molar-refractivity contribution is 7.92. The predicted octanol–water partition coefficient (Wildman–Crippen LogP) is 2.15. The fourth-order valence-corrected chi connectivity index (χ4v) is 4.66. The van der Waals surface area contributed by atoms with Gasteiger partial charge in [-0.3, -0.25) is 4.79 Å². The Morgan fingerprint density at radius 2 is 1.63 bits per heavy atom. The SMILES string of the molecule is O=C(Cc1ccc2c(c1)OCCO2)N1CCN(S(=O)(=O)/C=C\c2ccccc2)CC1. The van der Waals surface area contributed by atoms with Crippen LogP contribution in [0.15, 0.2) is 53.9 Å². The minimum atomic E-state index is -3.52. The van der Waals surface area contributed by atoms with Crippen molar-refractivity contribution in [3.05, 3.63) is 65.1 Å². The molecular formula is C22H24N2O5S. The van der Waals surface area contributed by atoms with Crippen molar-refractivity contribution in [2.24, 2.45) is 0 Å². The number of piperazine rings is 1. The number of rotatable bonds is 5. The van der Waals surface area contributed by atoms with E-state index in [9.17, 15) is 13.2 Å². The molecular weight excluding hydrogens is 404 g/mol. The van der Waals surface area contributed by atoms with Crippen molar-refractivity contribution in [1.82, 2.24) is 9.21 Å². The summed E-state index contributed by atoms with van der Waals surface area (Å²) in [6, 6.07) is 14.8. The molecule has 0 saturated carbocycles. The van der Waals surface area contributed by atoms with Crippen LogP contribution in [0.5, 0.6) is 11.5 Å². The van der Waals surface area contributed by atoms with Crippen LogP contribution in [0.25, 0.3) is 6.08 Å². The van der Waals surface area contributed by atoms with Gasteiger partial charge >= 0.3 is 0 Å². The van der Waals surface area contributed by atoms with Gasteiger partial charge in [0.05, 0.1) is 6.42 Å². The Bertz CT molecular complexity index is 1030. The molecule has 7 nitrogen and oxygen atoms in total. The number of amides is 1. The maximum Gasteiger partial charge on any atom is 0.236 e. The highest BCUT2D eigenvalue weighted by Crippen LogP contribution is 2.31. The maximum atomic E-state index is 12.7. The zero-order chi connectivity index (χ0) is 21.0. The van der Waals surface area contributed by atoms with E-state index in [1.54, 1.807) is 11.0 Å². The number of nitrogens with zero attached hydrogens (tertiary/aromatic N) is 2. The topological polar surface area (TPSA) is 76.2 Å². The van der Waals surface area contributed by atoms with E-state index in [0.717, 1.165) is 11.1 Å². The number of hydrogen-bond acceptors (Lipinski definition) is 5. The monoisotopic (exact) mass is 428 g/mol. The molecule has 30 heavy (non-hydrogen) atoms. The first-order chi connectivity index (χ1) is 14.5. The molecule has 0 aromatic heterocycles. The van der Waals surface area contributed by atoms with Crippen LogP contribution < -0.4 is 9.47 Å². The van der Waals surface area contributed by atoms with Gasteiger partial charge in [0, 0.05) is 31.6 Å². The van der Waals surface area contributed by atoms with Crippen molar-refractivity contribution in [2.45, 2.75) is 6.42 Å². The average molecular weight is 429 g/mol. The van der Waals surface area contributed by atoms with Crippen LogP contribution in [0.3, 0.4) is 0 Å². The molecule has 1 saturated heterocycles. The Hall–Kier alpha value is -2.84. The molecule has 158 valence electrons. The molecule has 1 fully saturated rings.